The van der Waals surface area contributed by atoms with E-state index in [-0.39, 0.29) is 17.8 Å². The lowest BCUT2D eigenvalue weighted by Gasteiger charge is -2.34. The number of amides is 1. The number of carbonyl (C=O) groups excluding carboxylic acids is 1. The van der Waals surface area contributed by atoms with Crippen molar-refractivity contribution in [3.63, 3.8) is 0 Å². The van der Waals surface area contributed by atoms with Gasteiger partial charge in [0, 0.05) is 13.1 Å². The first-order chi connectivity index (χ1) is 7.54. The summed E-state index contributed by atoms with van der Waals surface area (Å²) in [6.07, 6.45) is 0.719. The molecule has 1 unspecified atom stereocenters. The SMILES string of the molecule is CCC1C(=O)Nc2cc(F)c(Br)cc2N1C. The second-order valence-electron chi connectivity index (χ2n) is 3.81. The fourth-order valence-electron chi connectivity index (χ4n) is 1.95. The number of carbonyl (C=O) groups is 1. The molecule has 16 heavy (non-hydrogen) atoms. The summed E-state index contributed by atoms with van der Waals surface area (Å²) in [6.45, 7) is 1.95. The molecule has 0 bridgehead atoms. The van der Waals surface area contributed by atoms with Crippen molar-refractivity contribution in [3.8, 4) is 0 Å². The summed E-state index contributed by atoms with van der Waals surface area (Å²) in [4.78, 5) is 13.6. The molecule has 3 nitrogen and oxygen atoms in total. The van der Waals surface area contributed by atoms with Crippen LogP contribution in [0, 0.1) is 5.82 Å². The number of benzene rings is 1. The third kappa shape index (κ3) is 1.69. The van der Waals surface area contributed by atoms with E-state index in [0.717, 1.165) is 12.1 Å². The van der Waals surface area contributed by atoms with E-state index in [2.05, 4.69) is 21.2 Å². The Kier molecular flexibility index (Phi) is 2.88. The molecule has 0 saturated heterocycles. The quantitative estimate of drug-likeness (QED) is 0.861. The van der Waals surface area contributed by atoms with Gasteiger partial charge in [0.1, 0.15) is 11.9 Å². The van der Waals surface area contributed by atoms with Gasteiger partial charge in [0.2, 0.25) is 5.91 Å². The van der Waals surface area contributed by atoms with Crippen molar-refractivity contribution in [2.75, 3.05) is 17.3 Å². The normalized spacial score (nSPS) is 19.4. The molecular formula is C11H12BrFN2O. The monoisotopic (exact) mass is 286 g/mol. The van der Waals surface area contributed by atoms with Gasteiger partial charge in [0.15, 0.2) is 0 Å². The molecule has 86 valence electrons. The Bertz CT molecular complexity index is 450. The molecule has 1 aromatic carbocycles. The van der Waals surface area contributed by atoms with Gasteiger partial charge in [-0.2, -0.15) is 0 Å². The van der Waals surface area contributed by atoms with Gasteiger partial charge in [-0.1, -0.05) is 6.92 Å². The highest BCUT2D eigenvalue weighted by Crippen LogP contribution is 2.35. The molecule has 1 aromatic rings. The van der Waals surface area contributed by atoms with Gasteiger partial charge in [-0.05, 0) is 28.4 Å². The van der Waals surface area contributed by atoms with Crippen molar-refractivity contribution in [2.24, 2.45) is 0 Å². The largest absolute Gasteiger partial charge is 0.361 e. The van der Waals surface area contributed by atoms with Crippen molar-refractivity contribution >= 4 is 33.2 Å². The molecule has 5 heteroatoms. The van der Waals surface area contributed by atoms with Crippen LogP contribution in [0.15, 0.2) is 16.6 Å². The summed E-state index contributed by atoms with van der Waals surface area (Å²) in [5.74, 6) is -0.457. The number of likely N-dealkylation sites (N-methyl/N-ethyl adjacent to an activating group) is 1. The van der Waals surface area contributed by atoms with Gasteiger partial charge in [0.25, 0.3) is 0 Å². The highest BCUT2D eigenvalue weighted by molar-refractivity contribution is 9.10. The minimum atomic E-state index is -0.373. The molecule has 0 spiro atoms. The van der Waals surface area contributed by atoms with Gasteiger partial charge in [-0.3, -0.25) is 4.79 Å². The zero-order valence-corrected chi connectivity index (χ0v) is 10.6. The lowest BCUT2D eigenvalue weighted by atomic mass is 10.1. The summed E-state index contributed by atoms with van der Waals surface area (Å²) in [5, 5.41) is 2.72. The lowest BCUT2D eigenvalue weighted by molar-refractivity contribution is -0.117. The van der Waals surface area contributed by atoms with Crippen LogP contribution < -0.4 is 10.2 Å². The van der Waals surface area contributed by atoms with Crippen LogP contribution in [0.4, 0.5) is 15.8 Å². The average Bonchev–Trinajstić information content (AvgIpc) is 2.22. The topological polar surface area (TPSA) is 32.3 Å². The van der Waals surface area contributed by atoms with Crippen LogP contribution in [-0.2, 0) is 4.79 Å². The van der Waals surface area contributed by atoms with Crippen LogP contribution >= 0.6 is 15.9 Å². The van der Waals surface area contributed by atoms with Crippen LogP contribution in [0.5, 0.6) is 0 Å². The number of nitrogens with zero attached hydrogens (tertiary/aromatic N) is 1. The van der Waals surface area contributed by atoms with Crippen molar-refractivity contribution in [1.29, 1.82) is 0 Å². The highest BCUT2D eigenvalue weighted by atomic mass is 79.9. The van der Waals surface area contributed by atoms with E-state index in [4.69, 9.17) is 0 Å². The van der Waals surface area contributed by atoms with Crippen molar-refractivity contribution in [2.45, 2.75) is 19.4 Å². The summed E-state index contributed by atoms with van der Waals surface area (Å²) in [5.41, 5.74) is 1.36. The zero-order chi connectivity index (χ0) is 11.9. The highest BCUT2D eigenvalue weighted by Gasteiger charge is 2.29. The third-order valence-corrected chi connectivity index (χ3v) is 3.44. The van der Waals surface area contributed by atoms with Crippen LogP contribution in [0.1, 0.15) is 13.3 Å². The van der Waals surface area contributed by atoms with E-state index >= 15 is 0 Å². The Balaban J connectivity index is 2.51. The fraction of sp³-hybridized carbons (Fsp3) is 0.364. The van der Waals surface area contributed by atoms with E-state index in [1.165, 1.54) is 6.07 Å². The number of nitrogens with one attached hydrogen (secondary N) is 1. The molecule has 1 aliphatic rings. The number of hydrogen-bond donors (Lipinski definition) is 1. The van der Waals surface area contributed by atoms with E-state index in [0.29, 0.717) is 10.2 Å². The summed E-state index contributed by atoms with van der Waals surface area (Å²) in [7, 11) is 1.84. The Morgan fingerprint density at radius 2 is 2.25 bits per heavy atom. The van der Waals surface area contributed by atoms with E-state index < -0.39 is 0 Å². The molecule has 0 aromatic heterocycles. The lowest BCUT2D eigenvalue weighted by Crippen LogP contribution is -2.45. The maximum atomic E-state index is 13.3. The Hall–Kier alpha value is -1.10. The fourth-order valence-corrected chi connectivity index (χ4v) is 2.28. The van der Waals surface area contributed by atoms with Gasteiger partial charge in [-0.15, -0.1) is 0 Å². The maximum Gasteiger partial charge on any atom is 0.247 e. The maximum absolute atomic E-state index is 13.3. The number of halogens is 2. The average molecular weight is 287 g/mol. The Morgan fingerprint density at radius 1 is 1.56 bits per heavy atom. The summed E-state index contributed by atoms with van der Waals surface area (Å²) < 4.78 is 13.7. The first kappa shape index (κ1) is 11.4. The molecule has 1 atom stereocenters. The first-order valence-electron chi connectivity index (χ1n) is 5.07. The van der Waals surface area contributed by atoms with Crippen molar-refractivity contribution < 1.29 is 9.18 Å². The van der Waals surface area contributed by atoms with Crippen LogP contribution in [0.25, 0.3) is 0 Å². The van der Waals surface area contributed by atoms with Gasteiger partial charge < -0.3 is 10.2 Å². The molecule has 2 rings (SSSR count). The molecule has 1 aliphatic heterocycles. The van der Waals surface area contributed by atoms with E-state index in [9.17, 15) is 9.18 Å². The summed E-state index contributed by atoms with van der Waals surface area (Å²) in [6, 6.07) is 2.83. The molecular weight excluding hydrogens is 275 g/mol. The van der Waals surface area contributed by atoms with Crippen LogP contribution in [0.3, 0.4) is 0 Å². The standard InChI is InChI=1S/C11H12BrFN2O/c1-3-9-11(16)14-8-5-7(13)6(12)4-10(8)15(9)2/h4-5,9H,3H2,1-2H3,(H,14,16). The van der Waals surface area contributed by atoms with Gasteiger partial charge in [0.05, 0.1) is 15.8 Å². The number of hydrogen-bond acceptors (Lipinski definition) is 2. The summed E-state index contributed by atoms with van der Waals surface area (Å²) >= 11 is 3.14. The second kappa shape index (κ2) is 4.05. The molecule has 1 heterocycles. The van der Waals surface area contributed by atoms with Gasteiger partial charge in [-0.25, -0.2) is 4.39 Å². The van der Waals surface area contributed by atoms with Crippen LogP contribution in [-0.4, -0.2) is 19.0 Å². The first-order valence-corrected chi connectivity index (χ1v) is 5.86. The Morgan fingerprint density at radius 3 is 2.88 bits per heavy atom. The molecule has 0 radical (unpaired) electrons. The predicted octanol–water partition coefficient (Wildman–Crippen LogP) is 2.76. The zero-order valence-electron chi connectivity index (χ0n) is 9.05. The number of rotatable bonds is 1. The minimum Gasteiger partial charge on any atom is -0.361 e. The van der Waals surface area contributed by atoms with Crippen molar-refractivity contribution in [1.82, 2.24) is 0 Å². The molecule has 0 fully saturated rings. The molecule has 1 amide bonds. The van der Waals surface area contributed by atoms with Gasteiger partial charge >= 0.3 is 0 Å². The van der Waals surface area contributed by atoms with E-state index in [1.54, 1.807) is 6.07 Å². The third-order valence-electron chi connectivity index (χ3n) is 2.83. The van der Waals surface area contributed by atoms with Crippen molar-refractivity contribution in [3.05, 3.63) is 22.4 Å². The number of fused-ring (bicyclic) bond motifs is 1. The smallest absolute Gasteiger partial charge is 0.247 e. The van der Waals surface area contributed by atoms with E-state index in [1.807, 2.05) is 18.9 Å². The molecule has 1 N–H and O–H groups in total. The number of anilines is 2. The second-order valence-corrected chi connectivity index (χ2v) is 4.66. The Labute approximate surface area is 102 Å². The predicted molar refractivity (Wildman–Crippen MR) is 65.2 cm³/mol. The minimum absolute atomic E-state index is 0.0841. The van der Waals surface area contributed by atoms with Crippen LogP contribution in [0.2, 0.25) is 0 Å². The molecule has 0 aliphatic carbocycles. The molecule has 0 saturated carbocycles.